The van der Waals surface area contributed by atoms with Gasteiger partial charge in [0.05, 0.1) is 5.69 Å². The highest BCUT2D eigenvalue weighted by molar-refractivity contribution is 6.30. The molecule has 1 aliphatic carbocycles. The highest BCUT2D eigenvalue weighted by Crippen LogP contribution is 2.44. The van der Waals surface area contributed by atoms with E-state index in [-0.39, 0.29) is 17.6 Å². The van der Waals surface area contributed by atoms with Gasteiger partial charge in [0.25, 0.3) is 0 Å². The van der Waals surface area contributed by atoms with E-state index < -0.39 is 5.60 Å². The summed E-state index contributed by atoms with van der Waals surface area (Å²) in [6.07, 6.45) is 9.89. The number of aliphatic hydroxyl groups is 1. The quantitative estimate of drug-likeness (QED) is 0.194. The van der Waals surface area contributed by atoms with Gasteiger partial charge in [-0.05, 0) is 111 Å². The molecular weight excluding hydrogens is 522 g/mol. The van der Waals surface area contributed by atoms with Crippen molar-refractivity contribution in [3.05, 3.63) is 70.3 Å². The Labute approximate surface area is 244 Å². The average molecular weight is 566 g/mol. The van der Waals surface area contributed by atoms with Gasteiger partial charge in [-0.3, -0.25) is 9.59 Å². The number of carbonyl (C=O) groups is 2. The fourth-order valence-corrected chi connectivity index (χ4v) is 6.03. The molecule has 216 valence electrons. The SMILES string of the molecule is CC(=O)c1ccc2c(c1)N(C[C@@H]1CC[C@H]1[C@@](O)(C=O)/C=C/C[C@H](C)C(C)C)CCCCc1cc(Cl)ccc1CO2. The minimum atomic E-state index is -1.46. The van der Waals surface area contributed by atoms with E-state index in [9.17, 15) is 14.7 Å². The number of anilines is 1. The van der Waals surface area contributed by atoms with Crippen LogP contribution in [-0.2, 0) is 17.8 Å². The van der Waals surface area contributed by atoms with Gasteiger partial charge in [-0.15, -0.1) is 0 Å². The summed E-state index contributed by atoms with van der Waals surface area (Å²) < 4.78 is 6.38. The summed E-state index contributed by atoms with van der Waals surface area (Å²) in [6, 6.07) is 11.6. The second-order valence-electron chi connectivity index (χ2n) is 12.2. The zero-order chi connectivity index (χ0) is 28.9. The molecule has 6 heteroatoms. The first-order valence-electron chi connectivity index (χ1n) is 14.8. The molecule has 4 rings (SSSR count). The van der Waals surface area contributed by atoms with E-state index >= 15 is 0 Å². The van der Waals surface area contributed by atoms with Crippen molar-refractivity contribution in [1.29, 1.82) is 0 Å². The number of rotatable bonds is 9. The maximum absolute atomic E-state index is 12.3. The molecule has 2 aliphatic rings. The minimum absolute atomic E-state index is 0.00895. The van der Waals surface area contributed by atoms with E-state index in [4.69, 9.17) is 16.3 Å². The van der Waals surface area contributed by atoms with Crippen molar-refractivity contribution < 1.29 is 19.4 Å². The van der Waals surface area contributed by atoms with Crippen LogP contribution in [0.3, 0.4) is 0 Å². The van der Waals surface area contributed by atoms with Crippen molar-refractivity contribution in [2.24, 2.45) is 23.7 Å². The van der Waals surface area contributed by atoms with Crippen LogP contribution in [0.2, 0.25) is 5.02 Å². The number of fused-ring (bicyclic) bond motifs is 2. The molecule has 1 fully saturated rings. The van der Waals surface area contributed by atoms with E-state index in [0.717, 1.165) is 73.4 Å². The van der Waals surface area contributed by atoms with Crippen LogP contribution in [0.4, 0.5) is 5.69 Å². The third-order valence-electron chi connectivity index (χ3n) is 9.07. The number of aldehydes is 1. The fourth-order valence-electron chi connectivity index (χ4n) is 5.83. The number of carbonyl (C=O) groups excluding carboxylic acids is 2. The molecule has 40 heavy (non-hydrogen) atoms. The normalized spacial score (nSPS) is 21.8. The standard InChI is InChI=1S/C34H44ClNO4/c1-23(2)24(3)8-7-16-34(39,22-37)31-14-11-28(31)20-36-17-6-5-9-27-18-30(35)13-10-29(27)21-40-33-15-12-26(25(4)38)19-32(33)36/h7,10,12-13,15-16,18-19,22-24,28,31,39H,5-6,8-9,11,14,17,20-21H2,1-4H3/b16-7+/t24-,28-,31+,34-/m0/s1. The third-order valence-corrected chi connectivity index (χ3v) is 9.30. The summed E-state index contributed by atoms with van der Waals surface area (Å²) in [5, 5.41) is 12.1. The second-order valence-corrected chi connectivity index (χ2v) is 12.6. The Morgan fingerprint density at radius 3 is 2.62 bits per heavy atom. The van der Waals surface area contributed by atoms with E-state index in [0.29, 0.717) is 30.6 Å². The lowest BCUT2D eigenvalue weighted by molar-refractivity contribution is -0.130. The van der Waals surface area contributed by atoms with Gasteiger partial charge in [0, 0.05) is 29.6 Å². The largest absolute Gasteiger partial charge is 0.487 e. The minimum Gasteiger partial charge on any atom is -0.487 e. The first kappa shape index (κ1) is 30.3. The van der Waals surface area contributed by atoms with Crippen molar-refractivity contribution in [2.75, 3.05) is 18.0 Å². The first-order chi connectivity index (χ1) is 19.1. The summed E-state index contributed by atoms with van der Waals surface area (Å²) in [5.41, 5.74) is 2.40. The molecule has 0 aromatic heterocycles. The number of halogens is 1. The van der Waals surface area contributed by atoms with Crippen molar-refractivity contribution >= 4 is 29.4 Å². The van der Waals surface area contributed by atoms with E-state index in [2.05, 4.69) is 25.7 Å². The molecule has 0 spiro atoms. The zero-order valence-corrected chi connectivity index (χ0v) is 25.1. The molecule has 0 unspecified atom stereocenters. The third kappa shape index (κ3) is 7.16. The molecule has 2 aromatic carbocycles. The molecule has 0 amide bonds. The summed E-state index contributed by atoms with van der Waals surface area (Å²) in [7, 11) is 0. The van der Waals surface area contributed by atoms with Crippen molar-refractivity contribution in [3.63, 3.8) is 0 Å². The Hall–Kier alpha value is -2.63. The maximum atomic E-state index is 12.3. The first-order valence-corrected chi connectivity index (χ1v) is 15.2. The summed E-state index contributed by atoms with van der Waals surface area (Å²) in [6.45, 7) is 10.0. The molecule has 0 radical (unpaired) electrons. The van der Waals surface area contributed by atoms with Crippen molar-refractivity contribution in [1.82, 2.24) is 0 Å². The Balaban J connectivity index is 1.59. The molecule has 1 heterocycles. The number of aryl methyl sites for hydroxylation is 1. The molecule has 0 saturated heterocycles. The average Bonchev–Trinajstić information content (AvgIpc) is 2.93. The Kier molecular flexibility index (Phi) is 10.1. The number of hydrogen-bond acceptors (Lipinski definition) is 5. The van der Waals surface area contributed by atoms with Crippen LogP contribution in [0.15, 0.2) is 48.6 Å². The van der Waals surface area contributed by atoms with Crippen LogP contribution in [-0.4, -0.2) is 35.9 Å². The zero-order valence-electron chi connectivity index (χ0n) is 24.4. The highest BCUT2D eigenvalue weighted by Gasteiger charge is 2.45. The lowest BCUT2D eigenvalue weighted by Gasteiger charge is -2.46. The number of hydrogen-bond donors (Lipinski definition) is 1. The van der Waals surface area contributed by atoms with E-state index in [1.165, 1.54) is 5.56 Å². The molecular formula is C34H44ClNO4. The Bertz CT molecular complexity index is 1220. The number of ketones is 1. The van der Waals surface area contributed by atoms with Crippen LogP contribution in [0.5, 0.6) is 5.75 Å². The molecule has 1 saturated carbocycles. The van der Waals surface area contributed by atoms with Crippen LogP contribution >= 0.6 is 11.6 Å². The fraction of sp³-hybridized carbons (Fsp3) is 0.529. The molecule has 1 aliphatic heterocycles. The predicted octanol–water partition coefficient (Wildman–Crippen LogP) is 7.46. The number of Topliss-reactive ketones (excluding diaryl/α,β-unsaturated/α-hetero) is 1. The summed E-state index contributed by atoms with van der Waals surface area (Å²) in [5.74, 6) is 1.78. The van der Waals surface area contributed by atoms with Gasteiger partial charge in [0.2, 0.25) is 0 Å². The van der Waals surface area contributed by atoms with Crippen LogP contribution in [0.1, 0.15) is 81.3 Å². The lowest BCUT2D eigenvalue weighted by Crippen LogP contribution is -2.51. The van der Waals surface area contributed by atoms with Gasteiger partial charge >= 0.3 is 0 Å². The van der Waals surface area contributed by atoms with Gasteiger partial charge < -0.3 is 14.7 Å². The molecule has 5 nitrogen and oxygen atoms in total. The highest BCUT2D eigenvalue weighted by atomic mass is 35.5. The number of nitrogens with zero attached hydrogens (tertiary/aromatic N) is 1. The van der Waals surface area contributed by atoms with Gasteiger partial charge in [0.1, 0.15) is 18.0 Å². The van der Waals surface area contributed by atoms with Crippen LogP contribution < -0.4 is 9.64 Å². The smallest absolute Gasteiger partial charge is 0.159 e. The summed E-state index contributed by atoms with van der Waals surface area (Å²) in [4.78, 5) is 26.8. The van der Waals surface area contributed by atoms with Crippen molar-refractivity contribution in [3.8, 4) is 5.75 Å². The Morgan fingerprint density at radius 1 is 1.15 bits per heavy atom. The van der Waals surface area contributed by atoms with Crippen LogP contribution in [0.25, 0.3) is 0 Å². The van der Waals surface area contributed by atoms with Gasteiger partial charge in [-0.2, -0.15) is 0 Å². The van der Waals surface area contributed by atoms with E-state index in [1.54, 1.807) is 13.0 Å². The monoisotopic (exact) mass is 565 g/mol. The van der Waals surface area contributed by atoms with Gasteiger partial charge in [-0.25, -0.2) is 0 Å². The molecule has 4 atom stereocenters. The molecule has 1 N–H and O–H groups in total. The predicted molar refractivity (Wildman–Crippen MR) is 162 cm³/mol. The maximum Gasteiger partial charge on any atom is 0.159 e. The van der Waals surface area contributed by atoms with Gasteiger partial charge in [0.15, 0.2) is 12.1 Å². The van der Waals surface area contributed by atoms with E-state index in [1.807, 2.05) is 42.5 Å². The second kappa shape index (κ2) is 13.4. The summed E-state index contributed by atoms with van der Waals surface area (Å²) >= 11 is 6.30. The number of ether oxygens (including phenoxy) is 1. The van der Waals surface area contributed by atoms with Crippen LogP contribution in [0, 0.1) is 23.7 Å². The molecule has 2 aromatic rings. The Morgan fingerprint density at radius 2 is 1.95 bits per heavy atom. The molecule has 0 bridgehead atoms. The van der Waals surface area contributed by atoms with Crippen molar-refractivity contribution in [2.45, 2.75) is 78.4 Å². The topological polar surface area (TPSA) is 66.8 Å². The lowest BCUT2D eigenvalue weighted by atomic mass is 9.64. The number of benzene rings is 2. The number of allylic oxidation sites excluding steroid dienone is 1. The van der Waals surface area contributed by atoms with Gasteiger partial charge in [-0.1, -0.05) is 44.5 Å².